The van der Waals surface area contributed by atoms with Crippen LogP contribution in [0.1, 0.15) is 35.1 Å². The average Bonchev–Trinajstić information content (AvgIpc) is 3.26. The van der Waals surface area contributed by atoms with Crippen molar-refractivity contribution in [3.8, 4) is 17.2 Å². The number of nitrogens with zero attached hydrogens (tertiary/aromatic N) is 2. The van der Waals surface area contributed by atoms with Gasteiger partial charge in [0.25, 0.3) is 5.91 Å². The Kier molecular flexibility index (Phi) is 7.88. The standard InChI is InChI=1S/C28H31N3O4/c1-4-20-10-13-22(14-11-20)35-17-7-16-31-24-9-6-5-8-23(24)30-27(31)19-29-28(32)21-12-15-25(33-2)26(18-21)34-3/h5-6,8-15,18H,4,7,16-17,19H2,1-3H3,(H,29,32). The third kappa shape index (κ3) is 5.74. The average molecular weight is 474 g/mol. The van der Waals surface area contributed by atoms with Crippen molar-refractivity contribution in [1.82, 2.24) is 14.9 Å². The summed E-state index contributed by atoms with van der Waals surface area (Å²) in [6, 6.07) is 21.3. The first-order valence-electron chi connectivity index (χ1n) is 11.8. The molecule has 0 fully saturated rings. The van der Waals surface area contributed by atoms with Crippen LogP contribution >= 0.6 is 0 Å². The Morgan fingerprint density at radius 2 is 1.74 bits per heavy atom. The Hall–Kier alpha value is -4.00. The second-order valence-electron chi connectivity index (χ2n) is 8.12. The van der Waals surface area contributed by atoms with Crippen molar-refractivity contribution in [2.24, 2.45) is 0 Å². The summed E-state index contributed by atoms with van der Waals surface area (Å²) in [5.74, 6) is 2.56. The van der Waals surface area contributed by atoms with Gasteiger partial charge in [0, 0.05) is 12.1 Å². The molecule has 0 unspecified atom stereocenters. The molecule has 1 aromatic heterocycles. The molecule has 4 aromatic rings. The van der Waals surface area contributed by atoms with E-state index >= 15 is 0 Å². The number of aryl methyl sites for hydroxylation is 2. The number of ether oxygens (including phenoxy) is 3. The highest BCUT2D eigenvalue weighted by molar-refractivity contribution is 5.94. The number of hydrogen-bond acceptors (Lipinski definition) is 5. The van der Waals surface area contributed by atoms with Crippen molar-refractivity contribution in [1.29, 1.82) is 0 Å². The molecule has 1 N–H and O–H groups in total. The van der Waals surface area contributed by atoms with Crippen molar-refractivity contribution in [2.75, 3.05) is 20.8 Å². The Bertz CT molecular complexity index is 1280. The number of methoxy groups -OCH3 is 2. The number of imidazole rings is 1. The molecular formula is C28H31N3O4. The molecule has 0 radical (unpaired) electrons. The predicted molar refractivity (Wildman–Crippen MR) is 136 cm³/mol. The van der Waals surface area contributed by atoms with Crippen LogP contribution in [0.3, 0.4) is 0 Å². The van der Waals surface area contributed by atoms with Gasteiger partial charge in [-0.15, -0.1) is 0 Å². The zero-order valence-corrected chi connectivity index (χ0v) is 20.4. The topological polar surface area (TPSA) is 74.6 Å². The second kappa shape index (κ2) is 11.4. The molecule has 0 spiro atoms. The van der Waals surface area contributed by atoms with Gasteiger partial charge in [0.1, 0.15) is 11.6 Å². The van der Waals surface area contributed by atoms with E-state index in [1.54, 1.807) is 32.4 Å². The molecule has 182 valence electrons. The summed E-state index contributed by atoms with van der Waals surface area (Å²) in [5, 5.41) is 2.98. The lowest BCUT2D eigenvalue weighted by Gasteiger charge is -2.12. The first-order valence-corrected chi connectivity index (χ1v) is 11.8. The summed E-state index contributed by atoms with van der Waals surface area (Å²) >= 11 is 0. The third-order valence-corrected chi connectivity index (χ3v) is 5.91. The number of nitrogens with one attached hydrogen (secondary N) is 1. The number of aromatic nitrogens is 2. The molecule has 7 heteroatoms. The van der Waals surface area contributed by atoms with E-state index in [1.807, 2.05) is 36.4 Å². The van der Waals surface area contributed by atoms with Crippen molar-refractivity contribution in [2.45, 2.75) is 32.9 Å². The minimum Gasteiger partial charge on any atom is -0.494 e. The number of para-hydroxylation sites is 2. The van der Waals surface area contributed by atoms with Crippen LogP contribution in [0.15, 0.2) is 66.7 Å². The number of hydrogen-bond donors (Lipinski definition) is 1. The summed E-state index contributed by atoms with van der Waals surface area (Å²) in [7, 11) is 3.11. The molecule has 3 aromatic carbocycles. The third-order valence-electron chi connectivity index (χ3n) is 5.91. The van der Waals surface area contributed by atoms with Gasteiger partial charge in [-0.2, -0.15) is 0 Å². The molecule has 1 heterocycles. The number of carbonyl (C=O) groups excluding carboxylic acids is 1. The maximum Gasteiger partial charge on any atom is 0.251 e. The van der Waals surface area contributed by atoms with Crippen LogP contribution in [-0.4, -0.2) is 36.3 Å². The monoisotopic (exact) mass is 473 g/mol. The van der Waals surface area contributed by atoms with Gasteiger partial charge < -0.3 is 24.1 Å². The van der Waals surface area contributed by atoms with E-state index in [2.05, 4.69) is 28.9 Å². The van der Waals surface area contributed by atoms with Gasteiger partial charge >= 0.3 is 0 Å². The van der Waals surface area contributed by atoms with Crippen LogP contribution in [0.25, 0.3) is 11.0 Å². The van der Waals surface area contributed by atoms with Gasteiger partial charge in [0.2, 0.25) is 0 Å². The molecule has 7 nitrogen and oxygen atoms in total. The molecule has 0 bridgehead atoms. The fourth-order valence-corrected chi connectivity index (χ4v) is 3.98. The summed E-state index contributed by atoms with van der Waals surface area (Å²) in [6.45, 7) is 3.77. The first-order chi connectivity index (χ1) is 17.1. The summed E-state index contributed by atoms with van der Waals surface area (Å²) in [5.41, 5.74) is 3.73. The Balaban J connectivity index is 1.42. The lowest BCUT2D eigenvalue weighted by atomic mass is 10.2. The molecule has 35 heavy (non-hydrogen) atoms. The Morgan fingerprint density at radius 3 is 2.49 bits per heavy atom. The molecule has 0 atom stereocenters. The highest BCUT2D eigenvalue weighted by Crippen LogP contribution is 2.27. The van der Waals surface area contributed by atoms with Crippen molar-refractivity contribution in [3.05, 3.63) is 83.7 Å². The number of fused-ring (bicyclic) bond motifs is 1. The maximum absolute atomic E-state index is 12.8. The largest absolute Gasteiger partial charge is 0.494 e. The fraction of sp³-hybridized carbons (Fsp3) is 0.286. The lowest BCUT2D eigenvalue weighted by Crippen LogP contribution is -2.25. The molecular weight excluding hydrogens is 442 g/mol. The van der Waals surface area contributed by atoms with Crippen molar-refractivity contribution < 1.29 is 19.0 Å². The molecule has 0 saturated heterocycles. The van der Waals surface area contributed by atoms with Crippen LogP contribution < -0.4 is 19.5 Å². The number of carbonyl (C=O) groups is 1. The maximum atomic E-state index is 12.8. The Morgan fingerprint density at radius 1 is 0.971 bits per heavy atom. The van der Waals surface area contributed by atoms with Crippen molar-refractivity contribution in [3.63, 3.8) is 0 Å². The van der Waals surface area contributed by atoms with E-state index in [1.165, 1.54) is 5.56 Å². The summed E-state index contributed by atoms with van der Waals surface area (Å²) in [6.07, 6.45) is 1.83. The van der Waals surface area contributed by atoms with E-state index < -0.39 is 0 Å². The van der Waals surface area contributed by atoms with Gasteiger partial charge in [0.15, 0.2) is 11.5 Å². The normalized spacial score (nSPS) is 10.8. The van der Waals surface area contributed by atoms with Gasteiger partial charge in [-0.1, -0.05) is 31.2 Å². The molecule has 0 aliphatic carbocycles. The zero-order chi connectivity index (χ0) is 24.6. The predicted octanol–water partition coefficient (Wildman–Crippen LogP) is 5.02. The smallest absolute Gasteiger partial charge is 0.251 e. The Labute approximate surface area is 205 Å². The van der Waals surface area contributed by atoms with Crippen LogP contribution in [-0.2, 0) is 19.5 Å². The molecule has 0 saturated carbocycles. The van der Waals surface area contributed by atoms with Crippen LogP contribution in [0.4, 0.5) is 0 Å². The van der Waals surface area contributed by atoms with Crippen LogP contribution in [0, 0.1) is 0 Å². The SMILES string of the molecule is CCc1ccc(OCCCn2c(CNC(=O)c3ccc(OC)c(OC)c3)nc3ccccc32)cc1. The number of amides is 1. The van der Waals surface area contributed by atoms with Gasteiger partial charge in [-0.25, -0.2) is 4.98 Å². The number of rotatable bonds is 11. The van der Waals surface area contributed by atoms with E-state index in [4.69, 9.17) is 19.2 Å². The zero-order valence-electron chi connectivity index (χ0n) is 20.4. The highest BCUT2D eigenvalue weighted by atomic mass is 16.5. The van der Waals surface area contributed by atoms with E-state index in [9.17, 15) is 4.79 Å². The van der Waals surface area contributed by atoms with E-state index in [-0.39, 0.29) is 5.91 Å². The molecule has 0 aliphatic rings. The second-order valence-corrected chi connectivity index (χ2v) is 8.12. The minimum absolute atomic E-state index is 0.205. The lowest BCUT2D eigenvalue weighted by molar-refractivity contribution is 0.0949. The summed E-state index contributed by atoms with van der Waals surface area (Å²) < 4.78 is 18.6. The quantitative estimate of drug-likeness (QED) is 0.310. The van der Waals surface area contributed by atoms with Gasteiger partial charge in [0.05, 0.1) is 38.4 Å². The molecule has 0 aliphatic heterocycles. The molecule has 1 amide bonds. The highest BCUT2D eigenvalue weighted by Gasteiger charge is 2.14. The van der Waals surface area contributed by atoms with Crippen LogP contribution in [0.2, 0.25) is 0 Å². The van der Waals surface area contributed by atoms with Gasteiger partial charge in [-0.05, 0) is 60.9 Å². The fourth-order valence-electron chi connectivity index (χ4n) is 3.98. The van der Waals surface area contributed by atoms with Gasteiger partial charge in [-0.3, -0.25) is 4.79 Å². The number of benzene rings is 3. The van der Waals surface area contributed by atoms with Crippen molar-refractivity contribution >= 4 is 16.9 Å². The van der Waals surface area contributed by atoms with E-state index in [0.717, 1.165) is 42.0 Å². The first kappa shape index (κ1) is 24.1. The molecule has 4 rings (SSSR count). The van der Waals surface area contributed by atoms with Crippen LogP contribution in [0.5, 0.6) is 17.2 Å². The minimum atomic E-state index is -0.205. The van der Waals surface area contributed by atoms with E-state index in [0.29, 0.717) is 30.2 Å². The summed E-state index contributed by atoms with van der Waals surface area (Å²) in [4.78, 5) is 17.6.